The third-order valence-corrected chi connectivity index (χ3v) is 8.02. The van der Waals surface area contributed by atoms with E-state index in [0.29, 0.717) is 5.56 Å². The molecule has 1 atom stereocenters. The Hall–Kier alpha value is -3.86. The number of carboxylic acids is 1. The van der Waals surface area contributed by atoms with E-state index in [2.05, 4.69) is 10.3 Å². The molecule has 1 saturated carbocycles. The van der Waals surface area contributed by atoms with Crippen molar-refractivity contribution in [1.29, 1.82) is 0 Å². The van der Waals surface area contributed by atoms with Crippen LogP contribution in [0.1, 0.15) is 44.7 Å². The van der Waals surface area contributed by atoms with Crippen LogP contribution in [0, 0.1) is 5.82 Å². The lowest BCUT2D eigenvalue weighted by atomic mass is 9.96. The molecule has 198 valence electrons. The van der Waals surface area contributed by atoms with Gasteiger partial charge in [-0.2, -0.15) is 0 Å². The number of halogens is 1. The Balaban J connectivity index is 1.40. The van der Waals surface area contributed by atoms with Crippen LogP contribution in [0.4, 0.5) is 4.39 Å². The van der Waals surface area contributed by atoms with Gasteiger partial charge in [-0.25, -0.2) is 9.18 Å². The number of aliphatic carboxylic acids is 1. The average molecular weight is 543 g/mol. The van der Waals surface area contributed by atoms with Crippen molar-refractivity contribution in [2.45, 2.75) is 31.5 Å². The number of nitrogens with one attached hydrogen (secondary N) is 1. The molecule has 0 bridgehead atoms. The fraction of sp³-hybridized carbons (Fsp3) is 0.280. The molecule has 2 aliphatic rings. The topological polar surface area (TPSA) is 166 Å². The third kappa shape index (κ3) is 4.73. The van der Waals surface area contributed by atoms with Crippen LogP contribution in [-0.2, 0) is 27.0 Å². The minimum absolute atomic E-state index is 0.0184. The molecule has 3 aromatic rings. The van der Waals surface area contributed by atoms with Crippen molar-refractivity contribution in [2.24, 2.45) is 0 Å². The molecular weight excluding hydrogens is 520 g/mol. The molecule has 13 heteroatoms. The van der Waals surface area contributed by atoms with Gasteiger partial charge < -0.3 is 25.3 Å². The molecule has 1 unspecified atom stereocenters. The standard InChI is InChI=1S/C25H23FN3O8P/c26-15-5-3-14(4-6-15)12-29-13-17-18(16-2-1-9-27-20(16)21(30)19(17)23(29)32)22(31)28-10-11-38(35,36)37-25(7-8-25)24(33)34/h1-6,9,30H,7-8,10-13H2,(H,28,31)(H,33,34)(H,35,36). The van der Waals surface area contributed by atoms with Crippen LogP contribution >= 0.6 is 7.60 Å². The lowest BCUT2D eigenvalue weighted by Gasteiger charge is -2.18. The van der Waals surface area contributed by atoms with Crippen molar-refractivity contribution < 1.29 is 43.0 Å². The maximum Gasteiger partial charge on any atom is 0.336 e. The van der Waals surface area contributed by atoms with Gasteiger partial charge in [-0.15, -0.1) is 0 Å². The Morgan fingerprint density at radius 1 is 1.21 bits per heavy atom. The number of phenolic OH excluding ortho intramolecular Hbond substituents is 1. The second-order valence-electron chi connectivity index (χ2n) is 9.27. The Bertz CT molecular complexity index is 1520. The van der Waals surface area contributed by atoms with Gasteiger partial charge in [0, 0.05) is 36.8 Å². The molecule has 1 aromatic heterocycles. The van der Waals surface area contributed by atoms with Gasteiger partial charge in [0.25, 0.3) is 11.8 Å². The molecule has 2 aromatic carbocycles. The number of carboxylic acid groups (broad SMARTS) is 1. The molecule has 38 heavy (non-hydrogen) atoms. The Labute approximate surface area is 215 Å². The molecule has 2 heterocycles. The summed E-state index contributed by atoms with van der Waals surface area (Å²) >= 11 is 0. The number of rotatable bonds is 9. The normalized spacial score (nSPS) is 17.2. The highest BCUT2D eigenvalue weighted by Gasteiger charge is 2.55. The van der Waals surface area contributed by atoms with E-state index < -0.39 is 43.0 Å². The zero-order valence-corrected chi connectivity index (χ0v) is 20.8. The van der Waals surface area contributed by atoms with E-state index in [1.54, 1.807) is 12.1 Å². The molecule has 1 fully saturated rings. The quantitative estimate of drug-likeness (QED) is 0.297. The summed E-state index contributed by atoms with van der Waals surface area (Å²) in [6.07, 6.45) is 1.13. The fourth-order valence-corrected chi connectivity index (χ4v) is 5.82. The Morgan fingerprint density at radius 2 is 1.92 bits per heavy atom. The number of nitrogens with zero attached hydrogens (tertiary/aromatic N) is 2. The summed E-state index contributed by atoms with van der Waals surface area (Å²) in [4.78, 5) is 53.5. The number of carbonyl (C=O) groups is 3. The number of aromatic hydroxyl groups is 1. The predicted molar refractivity (Wildman–Crippen MR) is 131 cm³/mol. The van der Waals surface area contributed by atoms with E-state index in [-0.39, 0.29) is 65.8 Å². The third-order valence-electron chi connectivity index (χ3n) is 6.60. The number of aromatic nitrogens is 1. The van der Waals surface area contributed by atoms with E-state index in [9.17, 15) is 38.4 Å². The van der Waals surface area contributed by atoms with E-state index in [1.807, 2.05) is 0 Å². The van der Waals surface area contributed by atoms with E-state index in [0.717, 1.165) is 0 Å². The number of benzene rings is 2. The number of carbonyl (C=O) groups excluding carboxylic acids is 2. The summed E-state index contributed by atoms with van der Waals surface area (Å²) < 4.78 is 30.7. The number of hydrogen-bond acceptors (Lipinski definition) is 7. The smallest absolute Gasteiger partial charge is 0.336 e. The summed E-state index contributed by atoms with van der Waals surface area (Å²) in [6, 6.07) is 8.72. The highest BCUT2D eigenvalue weighted by molar-refractivity contribution is 7.52. The number of pyridine rings is 1. The highest BCUT2D eigenvalue weighted by atomic mass is 31.2. The van der Waals surface area contributed by atoms with Crippen molar-refractivity contribution in [1.82, 2.24) is 15.2 Å². The average Bonchev–Trinajstić information content (AvgIpc) is 3.57. The first-order chi connectivity index (χ1) is 18.0. The van der Waals surface area contributed by atoms with Crippen LogP contribution in [0.3, 0.4) is 0 Å². The minimum atomic E-state index is -4.32. The molecule has 0 saturated heterocycles. The van der Waals surface area contributed by atoms with Crippen LogP contribution in [0.2, 0.25) is 0 Å². The zero-order valence-electron chi connectivity index (χ0n) is 19.9. The van der Waals surface area contributed by atoms with Crippen LogP contribution < -0.4 is 5.32 Å². The molecule has 2 amide bonds. The zero-order chi connectivity index (χ0) is 27.2. The van der Waals surface area contributed by atoms with Crippen molar-refractivity contribution in [3.05, 3.63) is 70.7 Å². The van der Waals surface area contributed by atoms with Crippen LogP contribution in [0.5, 0.6) is 5.75 Å². The molecular formula is C25H23FN3O8P. The first kappa shape index (κ1) is 25.8. The van der Waals surface area contributed by atoms with Gasteiger partial charge in [0.05, 0.1) is 17.3 Å². The maximum atomic E-state index is 13.3. The highest BCUT2D eigenvalue weighted by Crippen LogP contribution is 2.54. The first-order valence-electron chi connectivity index (χ1n) is 11.7. The lowest BCUT2D eigenvalue weighted by molar-refractivity contribution is -0.147. The van der Waals surface area contributed by atoms with Gasteiger partial charge in [0.2, 0.25) is 0 Å². The van der Waals surface area contributed by atoms with Crippen molar-refractivity contribution >= 4 is 36.3 Å². The first-order valence-corrected chi connectivity index (χ1v) is 13.5. The predicted octanol–water partition coefficient (Wildman–Crippen LogP) is 2.78. The Kier molecular flexibility index (Phi) is 6.42. The molecule has 0 radical (unpaired) electrons. The van der Waals surface area contributed by atoms with Gasteiger partial charge in [0.1, 0.15) is 11.3 Å². The van der Waals surface area contributed by atoms with Crippen LogP contribution in [-0.4, -0.2) is 61.1 Å². The van der Waals surface area contributed by atoms with Crippen LogP contribution in [0.15, 0.2) is 42.6 Å². The molecule has 0 spiro atoms. The second kappa shape index (κ2) is 9.46. The minimum Gasteiger partial charge on any atom is -0.505 e. The molecule has 4 N–H and O–H groups in total. The van der Waals surface area contributed by atoms with Gasteiger partial charge in [0.15, 0.2) is 11.4 Å². The van der Waals surface area contributed by atoms with Gasteiger partial charge in [-0.1, -0.05) is 18.2 Å². The molecule has 5 rings (SSSR count). The largest absolute Gasteiger partial charge is 0.505 e. The SMILES string of the molecule is O=C(NCCP(=O)(O)OC1(C(=O)O)CC1)c1c2c(c(O)c3ncccc13)C(=O)N(Cc1ccc(F)cc1)C2. The molecule has 11 nitrogen and oxygen atoms in total. The van der Waals surface area contributed by atoms with Crippen molar-refractivity contribution in [2.75, 3.05) is 12.7 Å². The summed E-state index contributed by atoms with van der Waals surface area (Å²) in [5.41, 5.74) is -0.706. The Morgan fingerprint density at radius 3 is 2.58 bits per heavy atom. The summed E-state index contributed by atoms with van der Waals surface area (Å²) in [5, 5.41) is 22.9. The molecule has 1 aliphatic carbocycles. The maximum absolute atomic E-state index is 13.3. The molecule has 1 aliphatic heterocycles. The van der Waals surface area contributed by atoms with Crippen molar-refractivity contribution in [3.8, 4) is 5.75 Å². The summed E-state index contributed by atoms with van der Waals surface area (Å²) in [6.45, 7) is -0.225. The van der Waals surface area contributed by atoms with E-state index in [4.69, 9.17) is 4.52 Å². The number of hydrogen-bond donors (Lipinski definition) is 4. The number of amides is 2. The van der Waals surface area contributed by atoms with Gasteiger partial charge in [-0.05, 0) is 36.6 Å². The monoisotopic (exact) mass is 543 g/mol. The van der Waals surface area contributed by atoms with Gasteiger partial charge in [-0.3, -0.25) is 23.7 Å². The number of fused-ring (bicyclic) bond motifs is 2. The van der Waals surface area contributed by atoms with Crippen LogP contribution in [0.25, 0.3) is 10.9 Å². The van der Waals surface area contributed by atoms with Crippen molar-refractivity contribution in [3.63, 3.8) is 0 Å². The summed E-state index contributed by atoms with van der Waals surface area (Å²) in [5.74, 6) is -3.30. The lowest BCUT2D eigenvalue weighted by Crippen LogP contribution is -2.30. The van der Waals surface area contributed by atoms with Gasteiger partial charge >= 0.3 is 13.6 Å². The second-order valence-corrected chi connectivity index (χ2v) is 11.2. The number of phenols is 1. The fourth-order valence-electron chi connectivity index (χ4n) is 4.53. The van der Waals surface area contributed by atoms with E-state index in [1.165, 1.54) is 35.4 Å². The van der Waals surface area contributed by atoms with E-state index >= 15 is 0 Å². The summed E-state index contributed by atoms with van der Waals surface area (Å²) in [7, 11) is -4.32.